The highest BCUT2D eigenvalue weighted by Crippen LogP contribution is 2.16. The van der Waals surface area contributed by atoms with Gasteiger partial charge in [0.15, 0.2) is 5.78 Å². The van der Waals surface area contributed by atoms with Crippen LogP contribution < -0.4 is 5.73 Å². The summed E-state index contributed by atoms with van der Waals surface area (Å²) in [5.41, 5.74) is 7.81. The van der Waals surface area contributed by atoms with Gasteiger partial charge in [0.25, 0.3) is 0 Å². The Morgan fingerprint density at radius 3 is 3.12 bits per heavy atom. The van der Waals surface area contributed by atoms with E-state index in [0.29, 0.717) is 17.7 Å². The Kier molecular flexibility index (Phi) is 2.90. The molecule has 2 aromatic rings. The van der Waals surface area contributed by atoms with Gasteiger partial charge in [-0.3, -0.25) is 4.79 Å². The minimum atomic E-state index is 0.141. The highest BCUT2D eigenvalue weighted by atomic mass is 16.1. The fourth-order valence-corrected chi connectivity index (χ4v) is 1.68. The van der Waals surface area contributed by atoms with Crippen LogP contribution >= 0.6 is 0 Å². The smallest absolute Gasteiger partial charge is 0.166 e. The molecule has 0 fully saturated rings. The average molecular weight is 217 g/mol. The molecule has 16 heavy (non-hydrogen) atoms. The molecule has 84 valence electrons. The summed E-state index contributed by atoms with van der Waals surface area (Å²) in [4.78, 5) is 11.9. The number of hydrogen-bond acceptors (Lipinski definition) is 3. The van der Waals surface area contributed by atoms with Crippen molar-refractivity contribution in [2.24, 2.45) is 0 Å². The number of Topliss-reactive ketones (excluding diaryl/α,β-unsaturated/α-hetero) is 1. The second-order valence-electron chi connectivity index (χ2n) is 3.87. The SMILES string of the molecule is CCCCC(=O)c1cnn2ccc(N)cc12. The van der Waals surface area contributed by atoms with Crippen LogP contribution in [0.5, 0.6) is 0 Å². The van der Waals surface area contributed by atoms with Gasteiger partial charge in [0.05, 0.1) is 17.3 Å². The number of hydrogen-bond donors (Lipinski definition) is 1. The topological polar surface area (TPSA) is 60.4 Å². The van der Waals surface area contributed by atoms with Crippen LogP contribution in [0.2, 0.25) is 0 Å². The molecular formula is C12H15N3O. The maximum Gasteiger partial charge on any atom is 0.166 e. The number of pyridine rings is 1. The van der Waals surface area contributed by atoms with Gasteiger partial charge < -0.3 is 5.73 Å². The number of anilines is 1. The molecular weight excluding hydrogens is 202 g/mol. The first-order chi connectivity index (χ1) is 7.72. The van der Waals surface area contributed by atoms with Crippen molar-refractivity contribution >= 4 is 17.0 Å². The molecule has 0 aromatic carbocycles. The molecule has 4 nitrogen and oxygen atoms in total. The molecule has 0 radical (unpaired) electrons. The molecule has 0 spiro atoms. The van der Waals surface area contributed by atoms with Crippen molar-refractivity contribution in [2.75, 3.05) is 5.73 Å². The van der Waals surface area contributed by atoms with Crippen LogP contribution in [-0.2, 0) is 0 Å². The lowest BCUT2D eigenvalue weighted by Crippen LogP contribution is -1.98. The first kappa shape index (κ1) is 10.7. The number of nitrogen functional groups attached to an aromatic ring is 1. The summed E-state index contributed by atoms with van der Waals surface area (Å²) in [6, 6.07) is 3.55. The lowest BCUT2D eigenvalue weighted by Gasteiger charge is -1.99. The highest BCUT2D eigenvalue weighted by Gasteiger charge is 2.11. The lowest BCUT2D eigenvalue weighted by atomic mass is 10.1. The molecule has 2 N–H and O–H groups in total. The molecule has 2 rings (SSSR count). The van der Waals surface area contributed by atoms with E-state index in [4.69, 9.17) is 5.73 Å². The third kappa shape index (κ3) is 1.91. The van der Waals surface area contributed by atoms with Crippen molar-refractivity contribution in [3.63, 3.8) is 0 Å². The predicted octanol–water partition coefficient (Wildman–Crippen LogP) is 2.29. The van der Waals surface area contributed by atoms with E-state index in [-0.39, 0.29) is 5.78 Å². The van der Waals surface area contributed by atoms with Gasteiger partial charge in [0, 0.05) is 18.3 Å². The van der Waals surface area contributed by atoms with E-state index >= 15 is 0 Å². The molecule has 0 unspecified atom stereocenters. The van der Waals surface area contributed by atoms with Gasteiger partial charge in [-0.15, -0.1) is 0 Å². The second kappa shape index (κ2) is 4.35. The van der Waals surface area contributed by atoms with Gasteiger partial charge in [-0.1, -0.05) is 13.3 Å². The molecule has 0 amide bonds. The van der Waals surface area contributed by atoms with Gasteiger partial charge in [0.2, 0.25) is 0 Å². The van der Waals surface area contributed by atoms with Crippen LogP contribution in [0.1, 0.15) is 36.5 Å². The number of carbonyl (C=O) groups excluding carboxylic acids is 1. The number of nitrogens with zero attached hydrogens (tertiary/aromatic N) is 2. The molecule has 0 aliphatic carbocycles. The Bertz CT molecular complexity index is 516. The van der Waals surface area contributed by atoms with E-state index < -0.39 is 0 Å². The van der Waals surface area contributed by atoms with E-state index in [0.717, 1.165) is 18.4 Å². The van der Waals surface area contributed by atoms with E-state index in [1.54, 1.807) is 29.0 Å². The number of aromatic nitrogens is 2. The molecule has 0 bridgehead atoms. The van der Waals surface area contributed by atoms with Crippen molar-refractivity contribution < 1.29 is 4.79 Å². The van der Waals surface area contributed by atoms with Crippen LogP contribution in [0.4, 0.5) is 5.69 Å². The Morgan fingerprint density at radius 2 is 2.38 bits per heavy atom. The maximum absolute atomic E-state index is 11.9. The Morgan fingerprint density at radius 1 is 1.56 bits per heavy atom. The average Bonchev–Trinajstić information content (AvgIpc) is 2.68. The molecule has 0 atom stereocenters. The van der Waals surface area contributed by atoms with Gasteiger partial charge in [-0.05, 0) is 18.6 Å². The number of rotatable bonds is 4. The number of ketones is 1. The minimum Gasteiger partial charge on any atom is -0.399 e. The zero-order valence-electron chi connectivity index (χ0n) is 9.31. The van der Waals surface area contributed by atoms with Gasteiger partial charge in [-0.25, -0.2) is 4.52 Å². The van der Waals surface area contributed by atoms with Crippen molar-refractivity contribution in [1.82, 2.24) is 9.61 Å². The number of fused-ring (bicyclic) bond motifs is 1. The summed E-state index contributed by atoms with van der Waals surface area (Å²) < 4.78 is 1.68. The van der Waals surface area contributed by atoms with Crippen molar-refractivity contribution in [2.45, 2.75) is 26.2 Å². The summed E-state index contributed by atoms with van der Waals surface area (Å²) in [6.45, 7) is 2.07. The second-order valence-corrected chi connectivity index (χ2v) is 3.87. The summed E-state index contributed by atoms with van der Waals surface area (Å²) in [5.74, 6) is 0.141. The monoisotopic (exact) mass is 217 g/mol. The van der Waals surface area contributed by atoms with E-state index in [1.165, 1.54) is 0 Å². The van der Waals surface area contributed by atoms with Gasteiger partial charge in [-0.2, -0.15) is 5.10 Å². The number of unbranched alkanes of at least 4 members (excludes halogenated alkanes) is 1. The maximum atomic E-state index is 11.9. The fourth-order valence-electron chi connectivity index (χ4n) is 1.68. The lowest BCUT2D eigenvalue weighted by molar-refractivity contribution is 0.0981. The zero-order valence-corrected chi connectivity index (χ0v) is 9.31. The molecule has 0 aliphatic rings. The Balaban J connectivity index is 2.37. The van der Waals surface area contributed by atoms with Crippen molar-refractivity contribution in [3.05, 3.63) is 30.1 Å². The van der Waals surface area contributed by atoms with E-state index in [9.17, 15) is 4.79 Å². The van der Waals surface area contributed by atoms with Crippen molar-refractivity contribution in [1.29, 1.82) is 0 Å². The summed E-state index contributed by atoms with van der Waals surface area (Å²) in [6.07, 6.45) is 5.90. The predicted molar refractivity (Wildman–Crippen MR) is 63.5 cm³/mol. The van der Waals surface area contributed by atoms with Crippen LogP contribution in [0.15, 0.2) is 24.5 Å². The van der Waals surface area contributed by atoms with E-state index in [2.05, 4.69) is 12.0 Å². The minimum absolute atomic E-state index is 0.141. The van der Waals surface area contributed by atoms with Crippen LogP contribution in [0.25, 0.3) is 5.52 Å². The van der Waals surface area contributed by atoms with Crippen LogP contribution in [0, 0.1) is 0 Å². The van der Waals surface area contributed by atoms with Crippen molar-refractivity contribution in [3.8, 4) is 0 Å². The Hall–Kier alpha value is -1.84. The first-order valence-electron chi connectivity index (χ1n) is 5.48. The zero-order chi connectivity index (χ0) is 11.5. The summed E-state index contributed by atoms with van der Waals surface area (Å²) in [7, 11) is 0. The third-order valence-electron chi connectivity index (χ3n) is 2.60. The quantitative estimate of drug-likeness (QED) is 0.799. The van der Waals surface area contributed by atoms with Gasteiger partial charge in [0.1, 0.15) is 0 Å². The van der Waals surface area contributed by atoms with Crippen LogP contribution in [0.3, 0.4) is 0 Å². The molecule has 0 saturated carbocycles. The number of nitrogens with two attached hydrogens (primary N) is 1. The molecule has 2 aromatic heterocycles. The first-order valence-corrected chi connectivity index (χ1v) is 5.48. The number of carbonyl (C=O) groups is 1. The molecule has 0 saturated heterocycles. The normalized spacial score (nSPS) is 10.8. The summed E-state index contributed by atoms with van der Waals surface area (Å²) >= 11 is 0. The highest BCUT2D eigenvalue weighted by molar-refractivity contribution is 6.02. The fraction of sp³-hybridized carbons (Fsp3) is 0.333. The Labute approximate surface area is 94.1 Å². The molecule has 4 heteroatoms. The molecule has 0 aliphatic heterocycles. The third-order valence-corrected chi connectivity index (χ3v) is 2.60. The largest absolute Gasteiger partial charge is 0.399 e. The van der Waals surface area contributed by atoms with Crippen LogP contribution in [-0.4, -0.2) is 15.4 Å². The summed E-state index contributed by atoms with van der Waals surface area (Å²) in [5, 5.41) is 4.13. The molecule has 2 heterocycles. The van der Waals surface area contributed by atoms with E-state index in [1.807, 2.05) is 0 Å². The van der Waals surface area contributed by atoms with Gasteiger partial charge >= 0.3 is 0 Å². The standard InChI is InChI=1S/C12H15N3O/c1-2-3-4-12(16)10-8-14-15-6-5-9(13)7-11(10)15/h5-8H,2-4,13H2,1H3.